The van der Waals surface area contributed by atoms with Crippen LogP contribution in [0.1, 0.15) is 40.5 Å². The van der Waals surface area contributed by atoms with Crippen LogP contribution >= 0.6 is 0 Å². The van der Waals surface area contributed by atoms with Crippen LogP contribution in [0.5, 0.6) is 0 Å². The fraction of sp³-hybridized carbons (Fsp3) is 0.846. The third-order valence-corrected chi connectivity index (χ3v) is 2.80. The number of ketones is 1. The average molecular weight is 257 g/mol. The first-order valence-corrected chi connectivity index (χ1v) is 6.30. The zero-order chi connectivity index (χ0) is 13.9. The Morgan fingerprint density at radius 1 is 1.28 bits per heavy atom. The lowest BCUT2D eigenvalue weighted by Crippen LogP contribution is -2.50. The molecule has 0 aromatic carbocycles. The van der Waals surface area contributed by atoms with E-state index in [1.165, 1.54) is 7.11 Å². The lowest BCUT2D eigenvalue weighted by molar-refractivity contribution is -0.125. The molecule has 0 aliphatic heterocycles. The summed E-state index contributed by atoms with van der Waals surface area (Å²) in [5.41, 5.74) is -0.576. The highest BCUT2D eigenvalue weighted by molar-refractivity contribution is 5.91. The quantitative estimate of drug-likeness (QED) is 0.817. The molecule has 1 saturated carbocycles. The molecule has 0 radical (unpaired) electrons. The van der Waals surface area contributed by atoms with Gasteiger partial charge in [-0.1, -0.05) is 0 Å². The third-order valence-electron chi connectivity index (χ3n) is 2.80. The maximum atomic E-state index is 12.1. The van der Waals surface area contributed by atoms with Gasteiger partial charge in [0.15, 0.2) is 5.78 Å². The number of nitrogens with one attached hydrogen (secondary N) is 1. The number of alkyl carbamates (subject to hydrolysis) is 1. The topological polar surface area (TPSA) is 64.6 Å². The Labute approximate surface area is 108 Å². The molecule has 104 valence electrons. The van der Waals surface area contributed by atoms with Crippen molar-refractivity contribution in [2.24, 2.45) is 5.92 Å². The van der Waals surface area contributed by atoms with Gasteiger partial charge in [0, 0.05) is 13.0 Å². The third kappa shape index (κ3) is 4.64. The molecule has 0 bridgehead atoms. The Morgan fingerprint density at radius 3 is 2.22 bits per heavy atom. The molecular weight excluding hydrogens is 234 g/mol. The van der Waals surface area contributed by atoms with E-state index < -0.39 is 17.7 Å². The zero-order valence-electron chi connectivity index (χ0n) is 11.8. The Bertz CT molecular complexity index is 317. The van der Waals surface area contributed by atoms with Gasteiger partial charge in [-0.15, -0.1) is 0 Å². The number of hydrogen-bond acceptors (Lipinski definition) is 4. The highest BCUT2D eigenvalue weighted by Crippen LogP contribution is 2.31. The van der Waals surface area contributed by atoms with Crippen LogP contribution in [-0.2, 0) is 14.3 Å². The molecule has 0 aromatic rings. The normalized spacial score (nSPS) is 18.9. The van der Waals surface area contributed by atoms with Crippen LogP contribution in [0.3, 0.4) is 0 Å². The number of Topliss-reactive ketones (excluding diaryl/α,β-unsaturated/α-hetero) is 1. The van der Waals surface area contributed by atoms with Crippen molar-refractivity contribution < 1.29 is 19.1 Å². The van der Waals surface area contributed by atoms with E-state index >= 15 is 0 Å². The number of ether oxygens (including phenoxy) is 2. The standard InChI is InChI=1S/C13H23NO4/c1-8(17-5)10(11(15)9-6-7-9)14-12(16)18-13(2,3)4/h8-10H,6-7H2,1-5H3,(H,14,16)/t8-,10+/m1/s1. The van der Waals surface area contributed by atoms with E-state index in [4.69, 9.17) is 9.47 Å². The van der Waals surface area contributed by atoms with Crippen molar-refractivity contribution in [1.29, 1.82) is 0 Å². The first-order valence-electron chi connectivity index (χ1n) is 6.30. The molecule has 1 amide bonds. The minimum Gasteiger partial charge on any atom is -0.444 e. The lowest BCUT2D eigenvalue weighted by atomic mass is 10.0. The van der Waals surface area contributed by atoms with Crippen molar-refractivity contribution in [3.05, 3.63) is 0 Å². The van der Waals surface area contributed by atoms with Crippen molar-refractivity contribution in [3.8, 4) is 0 Å². The van der Waals surface area contributed by atoms with Gasteiger partial charge in [-0.3, -0.25) is 4.79 Å². The van der Waals surface area contributed by atoms with Gasteiger partial charge < -0.3 is 14.8 Å². The van der Waals surface area contributed by atoms with Gasteiger partial charge in [-0.2, -0.15) is 0 Å². The predicted octanol–water partition coefficient (Wildman–Crippen LogP) is 1.89. The van der Waals surface area contributed by atoms with Crippen molar-refractivity contribution in [3.63, 3.8) is 0 Å². The van der Waals surface area contributed by atoms with E-state index in [0.717, 1.165) is 12.8 Å². The Balaban J connectivity index is 2.60. The van der Waals surface area contributed by atoms with Crippen LogP contribution in [0.25, 0.3) is 0 Å². The van der Waals surface area contributed by atoms with Crippen molar-refractivity contribution in [2.45, 2.75) is 58.3 Å². The average Bonchev–Trinajstić information content (AvgIpc) is 3.05. The number of amides is 1. The monoisotopic (exact) mass is 257 g/mol. The fourth-order valence-corrected chi connectivity index (χ4v) is 1.61. The van der Waals surface area contributed by atoms with Gasteiger partial charge >= 0.3 is 6.09 Å². The van der Waals surface area contributed by atoms with Gasteiger partial charge in [0.05, 0.1) is 6.10 Å². The van der Waals surface area contributed by atoms with Crippen LogP contribution in [0.15, 0.2) is 0 Å². The van der Waals surface area contributed by atoms with E-state index in [1.807, 2.05) is 0 Å². The molecular formula is C13H23NO4. The van der Waals surface area contributed by atoms with Gasteiger partial charge in [0.1, 0.15) is 11.6 Å². The van der Waals surface area contributed by atoms with Gasteiger partial charge in [0.2, 0.25) is 0 Å². The molecule has 5 heteroatoms. The summed E-state index contributed by atoms with van der Waals surface area (Å²) in [5.74, 6) is 0.109. The minimum absolute atomic E-state index is 0.0372. The molecule has 2 atom stereocenters. The van der Waals surface area contributed by atoms with Crippen LogP contribution in [-0.4, -0.2) is 36.7 Å². The van der Waals surface area contributed by atoms with Gasteiger partial charge in [0.25, 0.3) is 0 Å². The van der Waals surface area contributed by atoms with E-state index in [0.29, 0.717) is 0 Å². The fourth-order valence-electron chi connectivity index (χ4n) is 1.61. The minimum atomic E-state index is -0.627. The van der Waals surface area contributed by atoms with Crippen LogP contribution in [0.4, 0.5) is 4.79 Å². The second kappa shape index (κ2) is 5.69. The second-order valence-corrected chi connectivity index (χ2v) is 5.74. The van der Waals surface area contributed by atoms with Gasteiger partial charge in [-0.05, 0) is 40.5 Å². The lowest BCUT2D eigenvalue weighted by Gasteiger charge is -2.25. The molecule has 0 heterocycles. The molecule has 0 unspecified atom stereocenters. The molecule has 5 nitrogen and oxygen atoms in total. The van der Waals surface area contributed by atoms with Crippen LogP contribution < -0.4 is 5.32 Å². The highest BCUT2D eigenvalue weighted by Gasteiger charge is 2.38. The number of methoxy groups -OCH3 is 1. The Morgan fingerprint density at radius 2 is 1.83 bits per heavy atom. The summed E-state index contributed by atoms with van der Waals surface area (Å²) in [4.78, 5) is 23.8. The van der Waals surface area contributed by atoms with Crippen LogP contribution in [0.2, 0.25) is 0 Å². The summed E-state index contributed by atoms with van der Waals surface area (Å²) in [6.45, 7) is 7.11. The number of carbonyl (C=O) groups is 2. The predicted molar refractivity (Wildman–Crippen MR) is 67.4 cm³/mol. The summed E-state index contributed by atoms with van der Waals surface area (Å²) < 4.78 is 10.3. The number of rotatable bonds is 5. The first-order chi connectivity index (χ1) is 8.24. The molecule has 1 aliphatic rings. The van der Waals surface area contributed by atoms with Crippen molar-refractivity contribution in [2.75, 3.05) is 7.11 Å². The highest BCUT2D eigenvalue weighted by atomic mass is 16.6. The molecule has 1 rings (SSSR count). The zero-order valence-corrected chi connectivity index (χ0v) is 11.8. The Hall–Kier alpha value is -1.10. The van der Waals surface area contributed by atoms with Gasteiger partial charge in [-0.25, -0.2) is 4.79 Å². The van der Waals surface area contributed by atoms with Crippen molar-refractivity contribution in [1.82, 2.24) is 5.32 Å². The summed E-state index contributed by atoms with van der Waals surface area (Å²) in [6.07, 6.45) is 0.875. The molecule has 1 fully saturated rings. The Kier molecular flexibility index (Phi) is 4.73. The van der Waals surface area contributed by atoms with E-state index in [2.05, 4.69) is 5.32 Å². The maximum Gasteiger partial charge on any atom is 0.408 e. The molecule has 1 N–H and O–H groups in total. The summed E-state index contributed by atoms with van der Waals surface area (Å²) in [6, 6.07) is -0.627. The van der Waals surface area contributed by atoms with Crippen LogP contribution in [0, 0.1) is 5.92 Å². The first kappa shape index (κ1) is 15.0. The SMILES string of the molecule is CO[C@H](C)[C@H](NC(=O)OC(C)(C)C)C(=O)C1CC1. The maximum absolute atomic E-state index is 12.1. The molecule has 1 aliphatic carbocycles. The number of carbonyl (C=O) groups excluding carboxylic acids is 2. The van der Waals surface area contributed by atoms with E-state index in [-0.39, 0.29) is 17.8 Å². The summed E-state index contributed by atoms with van der Waals surface area (Å²) in [5, 5.41) is 2.61. The second-order valence-electron chi connectivity index (χ2n) is 5.74. The molecule has 0 saturated heterocycles. The smallest absolute Gasteiger partial charge is 0.408 e. The van der Waals surface area contributed by atoms with Crippen molar-refractivity contribution >= 4 is 11.9 Å². The van der Waals surface area contributed by atoms with E-state index in [9.17, 15) is 9.59 Å². The molecule has 0 spiro atoms. The summed E-state index contributed by atoms with van der Waals surface area (Å²) >= 11 is 0. The summed E-state index contributed by atoms with van der Waals surface area (Å²) in [7, 11) is 1.52. The molecule has 18 heavy (non-hydrogen) atoms. The number of hydrogen-bond donors (Lipinski definition) is 1. The molecule has 0 aromatic heterocycles. The largest absolute Gasteiger partial charge is 0.444 e. The van der Waals surface area contributed by atoms with E-state index in [1.54, 1.807) is 27.7 Å².